The molecule has 9 heteroatoms. The van der Waals surface area contributed by atoms with Crippen LogP contribution in [0.4, 0.5) is 5.95 Å². The van der Waals surface area contributed by atoms with Gasteiger partial charge in [-0.25, -0.2) is 23.1 Å². The molecule has 0 unspecified atom stereocenters. The number of benzene rings is 1. The van der Waals surface area contributed by atoms with E-state index >= 15 is 0 Å². The smallest absolute Gasteiger partial charge is 0.243 e. The zero-order chi connectivity index (χ0) is 15.5. The topological polar surface area (TPSA) is 98.0 Å². The summed E-state index contributed by atoms with van der Waals surface area (Å²) in [4.78, 5) is 7.25. The van der Waals surface area contributed by atoms with Gasteiger partial charge >= 0.3 is 0 Å². The van der Waals surface area contributed by atoms with Gasteiger partial charge in [0.2, 0.25) is 16.0 Å². The minimum atomic E-state index is -3.67. The van der Waals surface area contributed by atoms with Crippen molar-refractivity contribution < 1.29 is 8.42 Å². The van der Waals surface area contributed by atoms with E-state index in [2.05, 4.69) is 14.7 Å². The van der Waals surface area contributed by atoms with Crippen LogP contribution in [0.15, 0.2) is 35.5 Å². The number of hydrogen-bond acceptors (Lipinski definition) is 5. The van der Waals surface area contributed by atoms with Gasteiger partial charge < -0.3 is 5.73 Å². The first-order valence-corrected chi connectivity index (χ1v) is 8.13. The third kappa shape index (κ3) is 4.28. The Hall–Kier alpha value is -1.41. The zero-order valence-electron chi connectivity index (χ0n) is 10.8. The number of halogens is 2. The highest BCUT2D eigenvalue weighted by atomic mass is 35.5. The van der Waals surface area contributed by atoms with Gasteiger partial charge in [0.05, 0.1) is 12.4 Å². The summed E-state index contributed by atoms with van der Waals surface area (Å²) in [5, 5.41) is 1.03. The predicted molar refractivity (Wildman–Crippen MR) is 81.8 cm³/mol. The van der Waals surface area contributed by atoms with Crippen LogP contribution in [0, 0.1) is 0 Å². The number of nitrogens with two attached hydrogens (primary N) is 1. The molecule has 1 aromatic carbocycles. The van der Waals surface area contributed by atoms with E-state index in [-0.39, 0.29) is 17.4 Å². The average Bonchev–Trinajstić information content (AvgIpc) is 2.41. The molecule has 3 N–H and O–H groups in total. The fourth-order valence-electron chi connectivity index (χ4n) is 1.59. The van der Waals surface area contributed by atoms with Gasteiger partial charge in [-0.15, -0.1) is 0 Å². The lowest BCUT2D eigenvalue weighted by molar-refractivity contribution is 0.581. The Morgan fingerprint density at radius 1 is 1.19 bits per heavy atom. The first-order valence-electron chi connectivity index (χ1n) is 5.89. The van der Waals surface area contributed by atoms with E-state index in [9.17, 15) is 8.42 Å². The number of aromatic nitrogens is 2. The number of nitrogens with one attached hydrogen (secondary N) is 1. The van der Waals surface area contributed by atoms with Crippen LogP contribution in [0.5, 0.6) is 0 Å². The second kappa shape index (κ2) is 6.57. The first kappa shape index (κ1) is 16.0. The molecule has 0 amide bonds. The molecule has 0 radical (unpaired) electrons. The lowest BCUT2D eigenvalue weighted by Crippen LogP contribution is -2.26. The number of sulfonamides is 1. The molecular weight excluding hydrogens is 335 g/mol. The van der Waals surface area contributed by atoms with Crippen molar-refractivity contribution in [3.8, 4) is 0 Å². The van der Waals surface area contributed by atoms with E-state index < -0.39 is 10.0 Å². The van der Waals surface area contributed by atoms with E-state index in [1.807, 2.05) is 0 Å². The second-order valence-corrected chi connectivity index (χ2v) is 6.77. The third-order valence-electron chi connectivity index (χ3n) is 2.66. The van der Waals surface area contributed by atoms with Crippen molar-refractivity contribution in [2.75, 3.05) is 12.3 Å². The molecule has 0 saturated heterocycles. The summed E-state index contributed by atoms with van der Waals surface area (Å²) in [5.74, 6) is 0.0156. The van der Waals surface area contributed by atoms with Gasteiger partial charge in [-0.3, -0.25) is 0 Å². The standard InChI is InChI=1S/C12H12Cl2N4O2S/c13-9-2-1-8(11(14)5-9)3-4-18-21(19,20)10-6-16-12(15)17-7-10/h1-2,5-7,18H,3-4H2,(H2,15,16,17). The van der Waals surface area contributed by atoms with Crippen molar-refractivity contribution in [3.63, 3.8) is 0 Å². The molecule has 2 rings (SSSR count). The van der Waals surface area contributed by atoms with Crippen LogP contribution in [-0.2, 0) is 16.4 Å². The van der Waals surface area contributed by atoms with Crippen LogP contribution in [0.25, 0.3) is 0 Å². The quantitative estimate of drug-likeness (QED) is 0.861. The molecular formula is C12H12Cl2N4O2S. The minimum absolute atomic E-state index is 0.0156. The highest BCUT2D eigenvalue weighted by Crippen LogP contribution is 2.21. The molecule has 0 aliphatic heterocycles. The Morgan fingerprint density at radius 3 is 2.48 bits per heavy atom. The van der Waals surface area contributed by atoms with E-state index in [4.69, 9.17) is 28.9 Å². The highest BCUT2D eigenvalue weighted by Gasteiger charge is 2.14. The van der Waals surface area contributed by atoms with Crippen molar-refractivity contribution in [1.82, 2.24) is 14.7 Å². The van der Waals surface area contributed by atoms with E-state index in [1.165, 1.54) is 0 Å². The summed E-state index contributed by atoms with van der Waals surface area (Å²) < 4.78 is 26.4. The maximum Gasteiger partial charge on any atom is 0.243 e. The van der Waals surface area contributed by atoms with Crippen molar-refractivity contribution in [3.05, 3.63) is 46.2 Å². The number of anilines is 1. The molecule has 21 heavy (non-hydrogen) atoms. The SMILES string of the molecule is Nc1ncc(S(=O)(=O)NCCc2ccc(Cl)cc2Cl)cn1. The predicted octanol–water partition coefficient (Wildman–Crippen LogP) is 1.89. The normalized spacial score (nSPS) is 11.5. The van der Waals surface area contributed by atoms with Crippen LogP contribution in [0.3, 0.4) is 0 Å². The Bertz CT molecular complexity index is 735. The first-order chi connectivity index (χ1) is 9.88. The van der Waals surface area contributed by atoms with Gasteiger partial charge in [0.15, 0.2) is 0 Å². The fraction of sp³-hybridized carbons (Fsp3) is 0.167. The third-order valence-corrected chi connectivity index (χ3v) is 4.66. The van der Waals surface area contributed by atoms with Crippen LogP contribution < -0.4 is 10.5 Å². The molecule has 0 atom stereocenters. The summed E-state index contributed by atoms with van der Waals surface area (Å²) >= 11 is 11.8. The van der Waals surface area contributed by atoms with Crippen LogP contribution >= 0.6 is 23.2 Å². The Kier molecular flexibility index (Phi) is 5.00. The molecule has 112 valence electrons. The van der Waals surface area contributed by atoms with Crippen molar-refractivity contribution in [2.45, 2.75) is 11.3 Å². The lowest BCUT2D eigenvalue weighted by atomic mass is 10.1. The molecule has 0 saturated carbocycles. The average molecular weight is 347 g/mol. The van der Waals surface area contributed by atoms with Gasteiger partial charge in [-0.05, 0) is 24.1 Å². The minimum Gasteiger partial charge on any atom is -0.368 e. The van der Waals surface area contributed by atoms with E-state index in [0.717, 1.165) is 18.0 Å². The van der Waals surface area contributed by atoms with Gasteiger partial charge in [-0.1, -0.05) is 29.3 Å². The van der Waals surface area contributed by atoms with Crippen molar-refractivity contribution in [2.24, 2.45) is 0 Å². The zero-order valence-corrected chi connectivity index (χ0v) is 13.1. The Morgan fingerprint density at radius 2 is 1.86 bits per heavy atom. The fourth-order valence-corrected chi connectivity index (χ4v) is 3.02. The number of rotatable bonds is 5. The van der Waals surface area contributed by atoms with Crippen molar-refractivity contribution in [1.29, 1.82) is 0 Å². The molecule has 1 heterocycles. The number of hydrogen-bond donors (Lipinski definition) is 2. The molecule has 1 aromatic heterocycles. The maximum atomic E-state index is 12.0. The summed E-state index contributed by atoms with van der Waals surface area (Å²) in [7, 11) is -3.67. The van der Waals surface area contributed by atoms with Gasteiger partial charge in [-0.2, -0.15) is 0 Å². The lowest BCUT2D eigenvalue weighted by Gasteiger charge is -2.07. The van der Waals surface area contributed by atoms with Gasteiger partial charge in [0, 0.05) is 16.6 Å². The van der Waals surface area contributed by atoms with E-state index in [0.29, 0.717) is 16.5 Å². The number of nitrogen functional groups attached to an aromatic ring is 1. The summed E-state index contributed by atoms with van der Waals surface area (Å²) in [5.41, 5.74) is 6.12. The largest absolute Gasteiger partial charge is 0.368 e. The number of nitrogens with zero attached hydrogens (tertiary/aromatic N) is 2. The Balaban J connectivity index is 2.00. The monoisotopic (exact) mass is 346 g/mol. The Labute approximate surface area is 132 Å². The molecule has 6 nitrogen and oxygen atoms in total. The molecule has 0 aliphatic carbocycles. The summed E-state index contributed by atoms with van der Waals surface area (Å²) in [6.45, 7) is 0.189. The van der Waals surface area contributed by atoms with Crippen molar-refractivity contribution >= 4 is 39.2 Å². The molecule has 0 spiro atoms. The second-order valence-electron chi connectivity index (χ2n) is 4.16. The van der Waals surface area contributed by atoms with Crippen LogP contribution in [0.2, 0.25) is 10.0 Å². The van der Waals surface area contributed by atoms with Crippen LogP contribution in [0.1, 0.15) is 5.56 Å². The summed E-state index contributed by atoms with van der Waals surface area (Å²) in [6, 6.07) is 5.07. The van der Waals surface area contributed by atoms with E-state index in [1.54, 1.807) is 18.2 Å². The molecule has 0 aliphatic rings. The summed E-state index contributed by atoms with van der Waals surface area (Å²) in [6.07, 6.45) is 2.74. The van der Waals surface area contributed by atoms with Gasteiger partial charge in [0.25, 0.3) is 0 Å². The molecule has 0 fully saturated rings. The molecule has 2 aromatic rings. The van der Waals surface area contributed by atoms with Crippen LogP contribution in [-0.4, -0.2) is 24.9 Å². The van der Waals surface area contributed by atoms with Gasteiger partial charge in [0.1, 0.15) is 4.90 Å². The maximum absolute atomic E-state index is 12.0. The molecule has 0 bridgehead atoms. The highest BCUT2D eigenvalue weighted by molar-refractivity contribution is 7.89.